The predicted octanol–water partition coefficient (Wildman–Crippen LogP) is 3.45. The summed E-state index contributed by atoms with van der Waals surface area (Å²) < 4.78 is 0. The van der Waals surface area contributed by atoms with Gasteiger partial charge in [0.15, 0.2) is 0 Å². The highest BCUT2D eigenvalue weighted by atomic mass is 16.2. The van der Waals surface area contributed by atoms with Gasteiger partial charge in [-0.3, -0.25) is 15.2 Å². The van der Waals surface area contributed by atoms with Crippen LogP contribution in [0.15, 0.2) is 42.7 Å². The lowest BCUT2D eigenvalue weighted by molar-refractivity contribution is -0.134. The first-order valence-electron chi connectivity index (χ1n) is 9.15. The topological polar surface area (TPSA) is 73.9 Å². The highest BCUT2D eigenvalue weighted by Gasteiger charge is 2.34. The number of amides is 1. The number of carbonyl (C=O) groups excluding carboxylic acids is 1. The van der Waals surface area contributed by atoms with Gasteiger partial charge in [-0.2, -0.15) is 0 Å². The van der Waals surface area contributed by atoms with Crippen molar-refractivity contribution in [2.45, 2.75) is 32.7 Å². The van der Waals surface area contributed by atoms with Crippen molar-refractivity contribution in [3.8, 4) is 11.4 Å². The Morgan fingerprint density at radius 3 is 2.73 bits per heavy atom. The van der Waals surface area contributed by atoms with E-state index in [4.69, 9.17) is 4.98 Å². The van der Waals surface area contributed by atoms with Crippen molar-refractivity contribution in [3.05, 3.63) is 48.3 Å². The summed E-state index contributed by atoms with van der Waals surface area (Å²) in [5.74, 6) is 1.26. The molecule has 134 valence electrons. The number of benzene rings is 1. The Morgan fingerprint density at radius 1 is 1.19 bits per heavy atom. The monoisotopic (exact) mass is 349 g/mol. The maximum absolute atomic E-state index is 12.0. The summed E-state index contributed by atoms with van der Waals surface area (Å²) in [4.78, 5) is 24.2. The van der Waals surface area contributed by atoms with Crippen LogP contribution in [0.2, 0.25) is 0 Å². The fourth-order valence-electron chi connectivity index (χ4n) is 3.83. The minimum absolute atomic E-state index is 0.107. The summed E-state index contributed by atoms with van der Waals surface area (Å²) in [6, 6.07) is 10.4. The molecule has 1 amide bonds. The SMILES string of the molecule is CCC1CC(=O)NN(CC)C1c1ccc2[nH]c(-c3ccncc3)nc2c1. The summed E-state index contributed by atoms with van der Waals surface area (Å²) in [5, 5.41) is 2.05. The first-order chi connectivity index (χ1) is 12.7. The van der Waals surface area contributed by atoms with Gasteiger partial charge in [0, 0.05) is 30.9 Å². The predicted molar refractivity (Wildman–Crippen MR) is 101 cm³/mol. The van der Waals surface area contributed by atoms with Crippen LogP contribution < -0.4 is 5.43 Å². The van der Waals surface area contributed by atoms with Crippen molar-refractivity contribution in [3.63, 3.8) is 0 Å². The van der Waals surface area contributed by atoms with Gasteiger partial charge in [-0.15, -0.1) is 0 Å². The maximum atomic E-state index is 12.0. The molecule has 2 aromatic heterocycles. The standard InChI is InChI=1S/C20H23N5O/c1-3-13-12-18(26)24-25(4-2)19(13)15-5-6-16-17(11-15)23-20(22-16)14-7-9-21-10-8-14/h5-11,13,19H,3-4,12H2,1-2H3,(H,22,23)(H,24,26). The molecule has 3 heterocycles. The van der Waals surface area contributed by atoms with E-state index in [0.717, 1.165) is 35.4 Å². The van der Waals surface area contributed by atoms with Crippen LogP contribution in [0, 0.1) is 5.92 Å². The van der Waals surface area contributed by atoms with E-state index in [-0.39, 0.29) is 11.9 Å². The molecule has 2 atom stereocenters. The van der Waals surface area contributed by atoms with Crippen molar-refractivity contribution >= 4 is 16.9 Å². The molecule has 6 nitrogen and oxygen atoms in total. The first-order valence-corrected chi connectivity index (χ1v) is 9.15. The average Bonchev–Trinajstić information content (AvgIpc) is 3.11. The number of H-pyrrole nitrogens is 1. The zero-order chi connectivity index (χ0) is 18.1. The molecular weight excluding hydrogens is 326 g/mol. The number of hydrogen-bond donors (Lipinski definition) is 2. The Balaban J connectivity index is 1.73. The second-order valence-corrected chi connectivity index (χ2v) is 6.74. The van der Waals surface area contributed by atoms with Gasteiger partial charge in [-0.25, -0.2) is 9.99 Å². The van der Waals surface area contributed by atoms with Crippen LogP contribution in [0.5, 0.6) is 0 Å². The molecule has 26 heavy (non-hydrogen) atoms. The van der Waals surface area contributed by atoms with Crippen molar-refractivity contribution in [2.75, 3.05) is 6.54 Å². The van der Waals surface area contributed by atoms with Gasteiger partial charge in [-0.05, 0) is 35.7 Å². The van der Waals surface area contributed by atoms with E-state index in [1.165, 1.54) is 5.56 Å². The molecule has 1 aliphatic rings. The number of imidazole rings is 1. The quantitative estimate of drug-likeness (QED) is 0.757. The Morgan fingerprint density at radius 2 is 2.00 bits per heavy atom. The lowest BCUT2D eigenvalue weighted by atomic mass is 9.86. The number of carbonyl (C=O) groups is 1. The molecule has 1 saturated heterocycles. The summed E-state index contributed by atoms with van der Waals surface area (Å²) in [6.45, 7) is 4.99. The van der Waals surface area contributed by atoms with E-state index in [0.29, 0.717) is 12.3 Å². The number of pyridine rings is 1. The lowest BCUT2D eigenvalue weighted by Gasteiger charge is -2.40. The van der Waals surface area contributed by atoms with Gasteiger partial charge in [0.05, 0.1) is 17.1 Å². The number of aromatic nitrogens is 3. The Kier molecular flexibility index (Phi) is 4.42. The fraction of sp³-hybridized carbons (Fsp3) is 0.350. The highest BCUT2D eigenvalue weighted by Crippen LogP contribution is 2.36. The lowest BCUT2D eigenvalue weighted by Crippen LogP contribution is -2.51. The number of nitrogens with one attached hydrogen (secondary N) is 2. The number of hydrogen-bond acceptors (Lipinski definition) is 4. The largest absolute Gasteiger partial charge is 0.338 e. The van der Waals surface area contributed by atoms with Gasteiger partial charge in [0.25, 0.3) is 0 Å². The molecule has 1 aliphatic heterocycles. The number of hydrazine groups is 1. The molecule has 2 unspecified atom stereocenters. The van der Waals surface area contributed by atoms with E-state index >= 15 is 0 Å². The number of nitrogens with zero attached hydrogens (tertiary/aromatic N) is 3. The minimum atomic E-state index is 0.107. The van der Waals surface area contributed by atoms with E-state index in [9.17, 15) is 4.79 Å². The molecular formula is C20H23N5O. The van der Waals surface area contributed by atoms with Gasteiger partial charge in [0.1, 0.15) is 5.82 Å². The van der Waals surface area contributed by atoms with E-state index in [2.05, 4.69) is 52.4 Å². The molecule has 0 spiro atoms. The average molecular weight is 349 g/mol. The molecule has 0 radical (unpaired) electrons. The highest BCUT2D eigenvalue weighted by molar-refractivity contribution is 5.80. The summed E-state index contributed by atoms with van der Waals surface area (Å²) >= 11 is 0. The van der Waals surface area contributed by atoms with Gasteiger partial charge >= 0.3 is 0 Å². The van der Waals surface area contributed by atoms with E-state index in [1.807, 2.05) is 12.1 Å². The van der Waals surface area contributed by atoms with E-state index < -0.39 is 0 Å². The fourth-order valence-corrected chi connectivity index (χ4v) is 3.83. The number of rotatable bonds is 4. The number of fused-ring (bicyclic) bond motifs is 1. The normalized spacial score (nSPS) is 21.1. The van der Waals surface area contributed by atoms with Crippen LogP contribution >= 0.6 is 0 Å². The van der Waals surface area contributed by atoms with Crippen LogP contribution in [0.3, 0.4) is 0 Å². The molecule has 6 heteroatoms. The summed E-state index contributed by atoms with van der Waals surface area (Å²) in [5.41, 5.74) is 7.18. The summed E-state index contributed by atoms with van der Waals surface area (Å²) in [6.07, 6.45) is 5.07. The second kappa shape index (κ2) is 6.88. The molecule has 0 saturated carbocycles. The van der Waals surface area contributed by atoms with Crippen molar-refractivity contribution in [1.82, 2.24) is 25.4 Å². The zero-order valence-corrected chi connectivity index (χ0v) is 15.1. The van der Waals surface area contributed by atoms with Crippen LogP contribution in [0.4, 0.5) is 0 Å². The minimum Gasteiger partial charge on any atom is -0.338 e. The van der Waals surface area contributed by atoms with Crippen LogP contribution in [0.1, 0.15) is 38.3 Å². The molecule has 0 bridgehead atoms. The molecule has 0 aliphatic carbocycles. The van der Waals surface area contributed by atoms with Crippen molar-refractivity contribution < 1.29 is 4.79 Å². The Labute approximate surface area is 152 Å². The molecule has 2 N–H and O–H groups in total. The van der Waals surface area contributed by atoms with Crippen LogP contribution in [-0.4, -0.2) is 32.4 Å². The van der Waals surface area contributed by atoms with E-state index in [1.54, 1.807) is 12.4 Å². The third-order valence-corrected chi connectivity index (χ3v) is 5.17. The molecule has 4 rings (SSSR count). The zero-order valence-electron chi connectivity index (χ0n) is 15.1. The van der Waals surface area contributed by atoms with Crippen LogP contribution in [0.25, 0.3) is 22.4 Å². The van der Waals surface area contributed by atoms with Crippen molar-refractivity contribution in [1.29, 1.82) is 0 Å². The van der Waals surface area contributed by atoms with Crippen LogP contribution in [-0.2, 0) is 4.79 Å². The Hall–Kier alpha value is -2.73. The smallest absolute Gasteiger partial charge is 0.234 e. The summed E-state index contributed by atoms with van der Waals surface area (Å²) in [7, 11) is 0. The molecule has 1 fully saturated rings. The Bertz CT molecular complexity index is 904. The van der Waals surface area contributed by atoms with Crippen molar-refractivity contribution in [2.24, 2.45) is 5.92 Å². The second-order valence-electron chi connectivity index (χ2n) is 6.74. The van der Waals surface area contributed by atoms with Gasteiger partial charge in [0.2, 0.25) is 5.91 Å². The third-order valence-electron chi connectivity index (χ3n) is 5.17. The first kappa shape index (κ1) is 16.7. The van der Waals surface area contributed by atoms with Gasteiger partial charge < -0.3 is 4.98 Å². The number of aromatic amines is 1. The maximum Gasteiger partial charge on any atom is 0.234 e. The molecule has 3 aromatic rings. The van der Waals surface area contributed by atoms with Gasteiger partial charge in [-0.1, -0.05) is 26.3 Å². The molecule has 1 aromatic carbocycles. The third kappa shape index (κ3) is 2.97.